The van der Waals surface area contributed by atoms with Crippen LogP contribution in [0.2, 0.25) is 0 Å². The molecule has 4 nitrogen and oxygen atoms in total. The van der Waals surface area contributed by atoms with Crippen molar-refractivity contribution in [1.29, 1.82) is 0 Å². The van der Waals surface area contributed by atoms with Crippen molar-refractivity contribution in [2.75, 3.05) is 17.7 Å². The van der Waals surface area contributed by atoms with Crippen molar-refractivity contribution in [1.82, 2.24) is 0 Å². The summed E-state index contributed by atoms with van der Waals surface area (Å²) >= 11 is 0. The number of nitrogen functional groups attached to an aromatic ring is 1. The van der Waals surface area contributed by atoms with E-state index in [2.05, 4.69) is 12.2 Å². The maximum Gasteiger partial charge on any atom is 0.123 e. The summed E-state index contributed by atoms with van der Waals surface area (Å²) in [4.78, 5) is 0. The summed E-state index contributed by atoms with van der Waals surface area (Å²) in [7, 11) is 0. The van der Waals surface area contributed by atoms with E-state index in [9.17, 15) is 5.11 Å². The van der Waals surface area contributed by atoms with Gasteiger partial charge in [-0.15, -0.1) is 0 Å². The quantitative estimate of drug-likeness (QED) is 0.728. The lowest BCUT2D eigenvalue weighted by Crippen LogP contribution is -2.45. The molecule has 1 saturated carbocycles. The van der Waals surface area contributed by atoms with Crippen molar-refractivity contribution in [3.63, 3.8) is 0 Å². The Bertz CT molecular complexity index is 466. The van der Waals surface area contributed by atoms with Crippen LogP contribution in [0.4, 0.5) is 11.4 Å². The molecule has 0 heterocycles. The second-order valence-electron chi connectivity index (χ2n) is 6.70. The monoisotopic (exact) mass is 292 g/mol. The molecule has 1 aromatic rings. The molecular weight excluding hydrogens is 264 g/mol. The van der Waals surface area contributed by atoms with Gasteiger partial charge in [0.05, 0.1) is 18.2 Å². The van der Waals surface area contributed by atoms with Crippen LogP contribution in [0.25, 0.3) is 0 Å². The minimum absolute atomic E-state index is 0.113. The Labute approximate surface area is 127 Å². The number of nitrogens with one attached hydrogen (secondary N) is 1. The molecule has 0 unspecified atom stereocenters. The van der Waals surface area contributed by atoms with Crippen LogP contribution in [-0.2, 0) is 0 Å². The zero-order valence-electron chi connectivity index (χ0n) is 13.4. The van der Waals surface area contributed by atoms with Gasteiger partial charge in [-0.05, 0) is 51.5 Å². The molecule has 0 atom stereocenters. The Morgan fingerprint density at radius 1 is 1.33 bits per heavy atom. The highest BCUT2D eigenvalue weighted by Crippen LogP contribution is 2.35. The second kappa shape index (κ2) is 6.56. The molecule has 2 rings (SSSR count). The highest BCUT2D eigenvalue weighted by Gasteiger charge is 2.33. The molecule has 0 bridgehead atoms. The molecule has 21 heavy (non-hydrogen) atoms. The fraction of sp³-hybridized carbons (Fsp3) is 0.647. The van der Waals surface area contributed by atoms with Gasteiger partial charge in [-0.25, -0.2) is 0 Å². The highest BCUT2D eigenvalue weighted by molar-refractivity contribution is 5.60. The van der Waals surface area contributed by atoms with Crippen LogP contribution in [-0.4, -0.2) is 23.4 Å². The number of benzene rings is 1. The third-order valence-corrected chi connectivity index (χ3v) is 4.24. The van der Waals surface area contributed by atoms with Gasteiger partial charge in [-0.1, -0.05) is 6.92 Å². The van der Waals surface area contributed by atoms with Gasteiger partial charge in [0.25, 0.3) is 0 Å². The van der Waals surface area contributed by atoms with Gasteiger partial charge in [-0.3, -0.25) is 0 Å². The summed E-state index contributed by atoms with van der Waals surface area (Å²) in [5, 5.41) is 13.4. The largest absolute Gasteiger partial charge is 0.491 e. The van der Waals surface area contributed by atoms with Crippen LogP contribution in [0.3, 0.4) is 0 Å². The SMILES string of the molecule is CC1CCC(CO)(Nc2cc(N)cc(OC(C)C)c2)CC1. The van der Waals surface area contributed by atoms with Gasteiger partial charge in [0.15, 0.2) is 0 Å². The third-order valence-electron chi connectivity index (χ3n) is 4.24. The lowest BCUT2D eigenvalue weighted by Gasteiger charge is -2.39. The van der Waals surface area contributed by atoms with E-state index in [1.165, 1.54) is 0 Å². The van der Waals surface area contributed by atoms with Crippen molar-refractivity contribution in [2.45, 2.75) is 58.1 Å². The van der Waals surface area contributed by atoms with Crippen molar-refractivity contribution < 1.29 is 9.84 Å². The highest BCUT2D eigenvalue weighted by atomic mass is 16.5. The first-order valence-electron chi connectivity index (χ1n) is 7.89. The molecule has 1 aromatic carbocycles. The Balaban J connectivity index is 2.15. The summed E-state index contributed by atoms with van der Waals surface area (Å²) in [6, 6.07) is 5.70. The topological polar surface area (TPSA) is 67.5 Å². The van der Waals surface area contributed by atoms with Crippen molar-refractivity contribution in [3.05, 3.63) is 18.2 Å². The third kappa shape index (κ3) is 4.27. The van der Waals surface area contributed by atoms with E-state index in [-0.39, 0.29) is 18.2 Å². The Hall–Kier alpha value is -1.42. The zero-order valence-corrected chi connectivity index (χ0v) is 13.4. The summed E-state index contributed by atoms with van der Waals surface area (Å²) in [6.07, 6.45) is 4.37. The van der Waals surface area contributed by atoms with E-state index in [4.69, 9.17) is 10.5 Å². The predicted octanol–water partition coefficient (Wildman–Crippen LogP) is 3.41. The van der Waals surface area contributed by atoms with Crippen LogP contribution < -0.4 is 15.8 Å². The summed E-state index contributed by atoms with van der Waals surface area (Å²) < 4.78 is 5.73. The number of nitrogens with two attached hydrogens (primary N) is 1. The van der Waals surface area contributed by atoms with Crippen LogP contribution in [0.1, 0.15) is 46.5 Å². The van der Waals surface area contributed by atoms with Crippen LogP contribution in [0.15, 0.2) is 18.2 Å². The number of rotatable bonds is 5. The predicted molar refractivity (Wildman–Crippen MR) is 87.7 cm³/mol. The average molecular weight is 292 g/mol. The molecule has 0 spiro atoms. The second-order valence-corrected chi connectivity index (χ2v) is 6.70. The smallest absolute Gasteiger partial charge is 0.123 e. The van der Waals surface area contributed by atoms with E-state index in [1.807, 2.05) is 32.0 Å². The fourth-order valence-electron chi connectivity index (χ4n) is 2.98. The van der Waals surface area contributed by atoms with Gasteiger partial charge in [-0.2, -0.15) is 0 Å². The standard InChI is InChI=1S/C17H28N2O2/c1-12(2)21-16-9-14(18)8-15(10-16)19-17(11-20)6-4-13(3)5-7-17/h8-10,12-13,19-20H,4-7,11,18H2,1-3H3. The number of ether oxygens (including phenoxy) is 1. The summed E-state index contributed by atoms with van der Waals surface area (Å²) in [5.74, 6) is 1.51. The van der Waals surface area contributed by atoms with E-state index in [1.54, 1.807) is 0 Å². The summed E-state index contributed by atoms with van der Waals surface area (Å²) in [6.45, 7) is 6.41. The normalized spacial score (nSPS) is 25.9. The molecule has 0 aromatic heterocycles. The fourth-order valence-corrected chi connectivity index (χ4v) is 2.98. The number of aliphatic hydroxyl groups is 1. The molecular formula is C17H28N2O2. The maximum absolute atomic E-state index is 9.85. The Morgan fingerprint density at radius 3 is 2.57 bits per heavy atom. The minimum atomic E-state index is -0.227. The van der Waals surface area contributed by atoms with Crippen molar-refractivity contribution in [2.24, 2.45) is 5.92 Å². The van der Waals surface area contributed by atoms with Crippen molar-refractivity contribution in [3.8, 4) is 5.75 Å². The van der Waals surface area contributed by atoms with Gasteiger partial charge >= 0.3 is 0 Å². The molecule has 0 aliphatic heterocycles. The molecule has 4 heteroatoms. The molecule has 1 fully saturated rings. The van der Waals surface area contributed by atoms with Crippen molar-refractivity contribution >= 4 is 11.4 Å². The minimum Gasteiger partial charge on any atom is -0.491 e. The first kappa shape index (κ1) is 16.0. The molecule has 118 valence electrons. The molecule has 0 saturated heterocycles. The molecule has 1 aliphatic rings. The molecule has 4 N–H and O–H groups in total. The number of hydrogen-bond acceptors (Lipinski definition) is 4. The lowest BCUT2D eigenvalue weighted by atomic mass is 9.77. The van der Waals surface area contributed by atoms with Crippen LogP contribution in [0, 0.1) is 5.92 Å². The van der Waals surface area contributed by atoms with E-state index in [0.717, 1.165) is 43.0 Å². The molecule has 1 aliphatic carbocycles. The zero-order chi connectivity index (χ0) is 15.5. The molecule has 0 radical (unpaired) electrons. The van der Waals surface area contributed by atoms with E-state index < -0.39 is 0 Å². The van der Waals surface area contributed by atoms with E-state index >= 15 is 0 Å². The number of aliphatic hydroxyl groups excluding tert-OH is 1. The van der Waals surface area contributed by atoms with Crippen LogP contribution >= 0.6 is 0 Å². The summed E-state index contributed by atoms with van der Waals surface area (Å²) in [5.41, 5.74) is 7.34. The van der Waals surface area contributed by atoms with Gasteiger partial charge in [0.1, 0.15) is 5.75 Å². The average Bonchev–Trinajstić information content (AvgIpc) is 2.40. The lowest BCUT2D eigenvalue weighted by molar-refractivity contribution is 0.155. The van der Waals surface area contributed by atoms with E-state index in [0.29, 0.717) is 5.69 Å². The number of anilines is 2. The molecule has 0 amide bonds. The number of hydrogen-bond donors (Lipinski definition) is 3. The Kier molecular flexibility index (Phi) is 4.99. The van der Waals surface area contributed by atoms with Gasteiger partial charge in [0.2, 0.25) is 0 Å². The maximum atomic E-state index is 9.85. The first-order valence-corrected chi connectivity index (χ1v) is 7.89. The van der Waals surface area contributed by atoms with Gasteiger partial charge < -0.3 is 20.9 Å². The van der Waals surface area contributed by atoms with Crippen LogP contribution in [0.5, 0.6) is 5.75 Å². The van der Waals surface area contributed by atoms with Gasteiger partial charge in [0, 0.05) is 23.5 Å². The Morgan fingerprint density at radius 2 is 2.00 bits per heavy atom. The first-order chi connectivity index (χ1) is 9.92.